The second-order valence-corrected chi connectivity index (χ2v) is 5.89. The maximum absolute atomic E-state index is 6.05. The molecule has 0 amide bonds. The van der Waals surface area contributed by atoms with Crippen molar-refractivity contribution in [3.63, 3.8) is 0 Å². The van der Waals surface area contributed by atoms with Crippen LogP contribution in [0.5, 0.6) is 0 Å². The Morgan fingerprint density at radius 2 is 1.82 bits per heavy atom. The van der Waals surface area contributed by atoms with E-state index in [-0.39, 0.29) is 0 Å². The minimum absolute atomic E-state index is 0.691. The second-order valence-electron chi connectivity index (χ2n) is 5.02. The summed E-state index contributed by atoms with van der Waals surface area (Å²) in [6, 6.07) is 15.5. The zero-order valence-electron chi connectivity index (χ0n) is 12.1. The molecule has 0 saturated carbocycles. The molecule has 0 bridgehead atoms. The van der Waals surface area contributed by atoms with Gasteiger partial charge in [0, 0.05) is 29.2 Å². The molecule has 0 fully saturated rings. The Balaban J connectivity index is 1.77. The molecule has 2 aromatic carbocycles. The van der Waals surface area contributed by atoms with E-state index >= 15 is 0 Å². The lowest BCUT2D eigenvalue weighted by Crippen LogP contribution is -2.05. The molecule has 0 saturated heterocycles. The molecule has 0 aliphatic carbocycles. The Kier molecular flexibility index (Phi) is 4.36. The largest absolute Gasteiger partial charge is 0.352 e. The quantitative estimate of drug-likeness (QED) is 0.728. The first kappa shape index (κ1) is 14.9. The second kappa shape index (κ2) is 6.42. The number of hydrogen-bond donors (Lipinski definition) is 1. The van der Waals surface area contributed by atoms with Gasteiger partial charge in [-0.2, -0.15) is 0 Å². The standard InChI is InChI=1S/C17H15Cl2N3/c1-22-16(13-3-2-4-15(19)9-13)11-21-17(22)20-10-12-5-7-14(18)8-6-12/h2-9,11H,10H2,1H3,(H,20,21). The van der Waals surface area contributed by atoms with Crippen LogP contribution in [0.15, 0.2) is 54.7 Å². The van der Waals surface area contributed by atoms with Gasteiger partial charge in [0.1, 0.15) is 0 Å². The van der Waals surface area contributed by atoms with Crippen LogP contribution in [0.2, 0.25) is 10.0 Å². The summed E-state index contributed by atoms with van der Waals surface area (Å²) >= 11 is 11.9. The lowest BCUT2D eigenvalue weighted by atomic mass is 10.2. The first-order chi connectivity index (χ1) is 10.6. The molecule has 0 aliphatic rings. The van der Waals surface area contributed by atoms with Gasteiger partial charge in [-0.05, 0) is 29.8 Å². The number of nitrogens with zero attached hydrogens (tertiary/aromatic N) is 2. The Morgan fingerprint density at radius 3 is 2.55 bits per heavy atom. The highest BCUT2D eigenvalue weighted by Gasteiger charge is 2.08. The van der Waals surface area contributed by atoms with Crippen LogP contribution in [0.4, 0.5) is 5.95 Å². The molecule has 22 heavy (non-hydrogen) atoms. The van der Waals surface area contributed by atoms with E-state index in [1.807, 2.05) is 66.3 Å². The summed E-state index contributed by atoms with van der Waals surface area (Å²) in [4.78, 5) is 4.44. The van der Waals surface area contributed by atoms with E-state index in [0.29, 0.717) is 6.54 Å². The van der Waals surface area contributed by atoms with Crippen LogP contribution in [0.1, 0.15) is 5.56 Å². The highest BCUT2D eigenvalue weighted by Crippen LogP contribution is 2.24. The van der Waals surface area contributed by atoms with Crippen molar-refractivity contribution in [2.75, 3.05) is 5.32 Å². The van der Waals surface area contributed by atoms with Crippen LogP contribution in [0, 0.1) is 0 Å². The van der Waals surface area contributed by atoms with Crippen molar-refractivity contribution in [2.24, 2.45) is 7.05 Å². The third-order valence-corrected chi connectivity index (χ3v) is 3.96. The average Bonchev–Trinajstić information content (AvgIpc) is 2.88. The Bertz CT molecular complexity index is 779. The van der Waals surface area contributed by atoms with Crippen LogP contribution in [0.3, 0.4) is 0 Å². The zero-order valence-corrected chi connectivity index (χ0v) is 13.6. The number of rotatable bonds is 4. The van der Waals surface area contributed by atoms with Gasteiger partial charge < -0.3 is 9.88 Å². The molecule has 1 N–H and O–H groups in total. The van der Waals surface area contributed by atoms with Gasteiger partial charge in [-0.3, -0.25) is 0 Å². The van der Waals surface area contributed by atoms with Crippen molar-refractivity contribution in [3.05, 3.63) is 70.3 Å². The monoisotopic (exact) mass is 331 g/mol. The van der Waals surface area contributed by atoms with E-state index in [4.69, 9.17) is 23.2 Å². The fourth-order valence-electron chi connectivity index (χ4n) is 2.27. The van der Waals surface area contributed by atoms with Crippen molar-refractivity contribution in [1.82, 2.24) is 9.55 Å². The summed E-state index contributed by atoms with van der Waals surface area (Å²) < 4.78 is 2.02. The van der Waals surface area contributed by atoms with Crippen molar-refractivity contribution in [3.8, 4) is 11.3 Å². The zero-order chi connectivity index (χ0) is 15.5. The first-order valence-electron chi connectivity index (χ1n) is 6.89. The van der Waals surface area contributed by atoms with Gasteiger partial charge in [-0.25, -0.2) is 4.98 Å². The van der Waals surface area contributed by atoms with Crippen molar-refractivity contribution in [1.29, 1.82) is 0 Å². The van der Waals surface area contributed by atoms with Gasteiger partial charge in [0.25, 0.3) is 0 Å². The summed E-state index contributed by atoms with van der Waals surface area (Å²) in [5, 5.41) is 4.79. The van der Waals surface area contributed by atoms with E-state index in [1.165, 1.54) is 0 Å². The summed E-state index contributed by atoms with van der Waals surface area (Å²) in [5.41, 5.74) is 3.21. The van der Waals surface area contributed by atoms with Gasteiger partial charge in [-0.15, -0.1) is 0 Å². The fraction of sp³-hybridized carbons (Fsp3) is 0.118. The van der Waals surface area contributed by atoms with Gasteiger partial charge >= 0.3 is 0 Å². The summed E-state index contributed by atoms with van der Waals surface area (Å²) in [5.74, 6) is 0.810. The van der Waals surface area contributed by atoms with Crippen LogP contribution in [0.25, 0.3) is 11.3 Å². The molecular weight excluding hydrogens is 317 g/mol. The van der Waals surface area contributed by atoms with Gasteiger partial charge in [0.05, 0.1) is 11.9 Å². The third-order valence-electron chi connectivity index (χ3n) is 3.47. The molecule has 3 aromatic rings. The average molecular weight is 332 g/mol. The Labute approximate surface area is 139 Å². The molecule has 5 heteroatoms. The van der Waals surface area contributed by atoms with Crippen LogP contribution >= 0.6 is 23.2 Å². The summed E-state index contributed by atoms with van der Waals surface area (Å²) in [7, 11) is 1.98. The highest BCUT2D eigenvalue weighted by atomic mass is 35.5. The molecule has 0 radical (unpaired) electrons. The molecule has 3 rings (SSSR count). The summed E-state index contributed by atoms with van der Waals surface area (Å²) in [6.07, 6.45) is 1.84. The SMILES string of the molecule is Cn1c(-c2cccc(Cl)c2)cnc1NCc1ccc(Cl)cc1. The normalized spacial score (nSPS) is 10.7. The molecule has 0 atom stereocenters. The number of imidazole rings is 1. The Hall–Kier alpha value is -1.97. The van der Waals surface area contributed by atoms with Crippen LogP contribution in [-0.4, -0.2) is 9.55 Å². The van der Waals surface area contributed by atoms with E-state index in [0.717, 1.165) is 32.8 Å². The topological polar surface area (TPSA) is 29.9 Å². The van der Waals surface area contributed by atoms with E-state index in [2.05, 4.69) is 10.3 Å². The van der Waals surface area contributed by atoms with Gasteiger partial charge in [-0.1, -0.05) is 47.5 Å². The molecule has 3 nitrogen and oxygen atoms in total. The van der Waals surface area contributed by atoms with E-state index < -0.39 is 0 Å². The predicted molar refractivity (Wildman–Crippen MR) is 92.4 cm³/mol. The summed E-state index contributed by atoms with van der Waals surface area (Å²) in [6.45, 7) is 0.691. The maximum atomic E-state index is 6.05. The highest BCUT2D eigenvalue weighted by molar-refractivity contribution is 6.31. The molecule has 0 spiro atoms. The smallest absolute Gasteiger partial charge is 0.203 e. The van der Waals surface area contributed by atoms with Crippen molar-refractivity contribution < 1.29 is 0 Å². The van der Waals surface area contributed by atoms with Gasteiger partial charge in [0.15, 0.2) is 0 Å². The number of halogens is 2. The molecule has 1 heterocycles. The predicted octanol–water partition coefficient (Wildman–Crippen LogP) is 5.01. The fourth-order valence-corrected chi connectivity index (χ4v) is 2.59. The Morgan fingerprint density at radius 1 is 1.05 bits per heavy atom. The van der Waals surface area contributed by atoms with Crippen molar-refractivity contribution in [2.45, 2.75) is 6.54 Å². The molecule has 112 valence electrons. The third kappa shape index (κ3) is 3.26. The van der Waals surface area contributed by atoms with Crippen LogP contribution in [-0.2, 0) is 13.6 Å². The lowest BCUT2D eigenvalue weighted by Gasteiger charge is -2.09. The van der Waals surface area contributed by atoms with Gasteiger partial charge in [0.2, 0.25) is 5.95 Å². The van der Waals surface area contributed by atoms with E-state index in [9.17, 15) is 0 Å². The molecule has 0 unspecified atom stereocenters. The number of hydrogen-bond acceptors (Lipinski definition) is 2. The number of anilines is 1. The first-order valence-corrected chi connectivity index (χ1v) is 7.65. The minimum Gasteiger partial charge on any atom is -0.352 e. The number of aromatic nitrogens is 2. The lowest BCUT2D eigenvalue weighted by molar-refractivity contribution is 0.907. The molecule has 1 aromatic heterocycles. The maximum Gasteiger partial charge on any atom is 0.203 e. The van der Waals surface area contributed by atoms with E-state index in [1.54, 1.807) is 0 Å². The number of benzene rings is 2. The molecule has 0 aliphatic heterocycles. The number of nitrogens with one attached hydrogen (secondary N) is 1. The molecular formula is C17H15Cl2N3. The van der Waals surface area contributed by atoms with Crippen LogP contribution < -0.4 is 5.32 Å². The minimum atomic E-state index is 0.691. The van der Waals surface area contributed by atoms with Crippen molar-refractivity contribution >= 4 is 29.2 Å².